The maximum atomic E-state index is 11.5. The molecular formula is C14H22N2O4S. The summed E-state index contributed by atoms with van der Waals surface area (Å²) in [4.78, 5) is 0. The van der Waals surface area contributed by atoms with Crippen molar-refractivity contribution < 1.29 is 17.9 Å². The molecular weight excluding hydrogens is 292 g/mol. The van der Waals surface area contributed by atoms with Crippen molar-refractivity contribution in [3.63, 3.8) is 0 Å². The number of nitrogens with two attached hydrogens (primary N) is 1. The van der Waals surface area contributed by atoms with Gasteiger partial charge < -0.3 is 9.47 Å². The van der Waals surface area contributed by atoms with Crippen LogP contribution in [0.2, 0.25) is 0 Å². The molecule has 3 N–H and O–H groups in total. The van der Waals surface area contributed by atoms with Crippen LogP contribution in [0.4, 0.5) is 0 Å². The molecule has 1 unspecified atom stereocenters. The van der Waals surface area contributed by atoms with Crippen LogP contribution in [-0.2, 0) is 9.84 Å². The van der Waals surface area contributed by atoms with Crippen molar-refractivity contribution in [2.24, 2.45) is 5.84 Å². The summed E-state index contributed by atoms with van der Waals surface area (Å²) in [6.45, 7) is 2.70. The first-order valence-electron chi connectivity index (χ1n) is 7.12. The molecule has 1 aromatic rings. The fraction of sp³-hybridized carbons (Fsp3) is 0.571. The molecule has 2 rings (SSSR count). The van der Waals surface area contributed by atoms with Crippen LogP contribution < -0.4 is 20.7 Å². The average molecular weight is 314 g/mol. The van der Waals surface area contributed by atoms with Gasteiger partial charge in [-0.1, -0.05) is 19.1 Å². The lowest BCUT2D eigenvalue weighted by atomic mass is 10.0. The smallest absolute Gasteiger partial charge is 0.166 e. The third kappa shape index (κ3) is 4.09. The van der Waals surface area contributed by atoms with E-state index in [1.807, 2.05) is 18.2 Å². The van der Waals surface area contributed by atoms with Crippen molar-refractivity contribution in [2.75, 3.05) is 24.7 Å². The Bertz CT molecular complexity index is 574. The van der Waals surface area contributed by atoms with Crippen molar-refractivity contribution >= 4 is 9.84 Å². The number of fused-ring (bicyclic) bond motifs is 1. The van der Waals surface area contributed by atoms with Gasteiger partial charge in [0.15, 0.2) is 11.5 Å². The predicted octanol–water partition coefficient (Wildman–Crippen LogP) is 1.18. The second-order valence-corrected chi connectivity index (χ2v) is 7.44. The predicted molar refractivity (Wildman–Crippen MR) is 81.1 cm³/mol. The molecule has 1 heterocycles. The minimum Gasteiger partial charge on any atom is -0.486 e. The van der Waals surface area contributed by atoms with Gasteiger partial charge in [-0.15, -0.1) is 0 Å². The lowest BCUT2D eigenvalue weighted by molar-refractivity contribution is 0.168. The molecule has 0 amide bonds. The van der Waals surface area contributed by atoms with Crippen molar-refractivity contribution in [1.29, 1.82) is 0 Å². The van der Waals surface area contributed by atoms with Crippen LogP contribution in [-0.4, -0.2) is 33.1 Å². The average Bonchev–Trinajstić information content (AvgIpc) is 2.51. The molecule has 1 aliphatic heterocycles. The third-order valence-corrected chi connectivity index (χ3v) is 5.35. The van der Waals surface area contributed by atoms with Crippen LogP contribution in [0, 0.1) is 0 Å². The Morgan fingerprint density at radius 1 is 1.33 bits per heavy atom. The van der Waals surface area contributed by atoms with Gasteiger partial charge in [0, 0.05) is 17.4 Å². The summed E-state index contributed by atoms with van der Waals surface area (Å²) in [5.74, 6) is 7.38. The van der Waals surface area contributed by atoms with E-state index in [2.05, 4.69) is 5.43 Å². The minimum absolute atomic E-state index is 0.159. The second kappa shape index (κ2) is 7.11. The summed E-state index contributed by atoms with van der Waals surface area (Å²) < 4.78 is 34.3. The molecule has 6 nitrogen and oxygen atoms in total. The highest BCUT2D eigenvalue weighted by molar-refractivity contribution is 7.91. The van der Waals surface area contributed by atoms with E-state index in [1.165, 1.54) is 0 Å². The van der Waals surface area contributed by atoms with Crippen molar-refractivity contribution in [3.8, 4) is 11.5 Å². The molecule has 0 fully saturated rings. The molecule has 0 spiro atoms. The monoisotopic (exact) mass is 314 g/mol. The molecule has 1 atom stereocenters. The Balaban J connectivity index is 2.08. The van der Waals surface area contributed by atoms with E-state index in [0.717, 1.165) is 5.56 Å². The summed E-state index contributed by atoms with van der Waals surface area (Å²) in [5.41, 5.74) is 3.65. The summed E-state index contributed by atoms with van der Waals surface area (Å²) >= 11 is 0. The molecule has 0 saturated heterocycles. The SMILES string of the molecule is CCS(=O)(=O)CCCC(NN)c1cccc2c1OCCO2. The van der Waals surface area contributed by atoms with Crippen LogP contribution >= 0.6 is 0 Å². The summed E-state index contributed by atoms with van der Waals surface area (Å²) in [6.07, 6.45) is 1.17. The minimum atomic E-state index is -2.95. The Morgan fingerprint density at radius 2 is 2.10 bits per heavy atom. The number of ether oxygens (including phenoxy) is 2. The molecule has 21 heavy (non-hydrogen) atoms. The van der Waals surface area contributed by atoms with Crippen LogP contribution in [0.5, 0.6) is 11.5 Å². The molecule has 1 aliphatic rings. The first-order chi connectivity index (χ1) is 10.1. The van der Waals surface area contributed by atoms with E-state index in [0.29, 0.717) is 37.6 Å². The molecule has 0 aliphatic carbocycles. The first-order valence-corrected chi connectivity index (χ1v) is 8.94. The molecule has 0 radical (unpaired) electrons. The van der Waals surface area contributed by atoms with Gasteiger partial charge in [0.25, 0.3) is 0 Å². The summed E-state index contributed by atoms with van der Waals surface area (Å²) in [6, 6.07) is 5.50. The van der Waals surface area contributed by atoms with Crippen molar-refractivity contribution in [1.82, 2.24) is 5.43 Å². The Labute approximate surface area is 125 Å². The van der Waals surface area contributed by atoms with Gasteiger partial charge in [0.1, 0.15) is 23.1 Å². The quantitative estimate of drug-likeness (QED) is 0.580. The number of sulfone groups is 1. The van der Waals surface area contributed by atoms with E-state index >= 15 is 0 Å². The van der Waals surface area contributed by atoms with Gasteiger partial charge in [-0.05, 0) is 18.9 Å². The van der Waals surface area contributed by atoms with Gasteiger partial charge >= 0.3 is 0 Å². The van der Waals surface area contributed by atoms with Gasteiger partial charge in [0.2, 0.25) is 0 Å². The number of benzene rings is 1. The maximum absolute atomic E-state index is 11.5. The largest absolute Gasteiger partial charge is 0.486 e. The number of para-hydroxylation sites is 1. The standard InChI is InChI=1S/C14H22N2O4S/c1-2-21(17,18)10-4-6-12(16-15)11-5-3-7-13-14(11)20-9-8-19-13/h3,5,7,12,16H,2,4,6,8-10,15H2,1H3. The number of hydrogen-bond donors (Lipinski definition) is 2. The van der Waals surface area contributed by atoms with Crippen LogP contribution in [0.25, 0.3) is 0 Å². The van der Waals surface area contributed by atoms with E-state index in [4.69, 9.17) is 15.3 Å². The normalized spacial score (nSPS) is 15.7. The molecule has 0 bridgehead atoms. The molecule has 0 saturated carbocycles. The van der Waals surface area contributed by atoms with E-state index in [1.54, 1.807) is 6.92 Å². The highest BCUT2D eigenvalue weighted by Gasteiger charge is 2.21. The highest BCUT2D eigenvalue weighted by atomic mass is 32.2. The highest BCUT2D eigenvalue weighted by Crippen LogP contribution is 2.37. The first kappa shape index (κ1) is 16.1. The Hall–Kier alpha value is -1.31. The van der Waals surface area contributed by atoms with Crippen LogP contribution in [0.15, 0.2) is 18.2 Å². The fourth-order valence-corrected chi connectivity index (χ4v) is 3.25. The van der Waals surface area contributed by atoms with Crippen LogP contribution in [0.1, 0.15) is 31.4 Å². The molecule has 7 heteroatoms. The summed E-state index contributed by atoms with van der Waals surface area (Å²) in [7, 11) is -2.95. The van der Waals surface area contributed by atoms with E-state index in [-0.39, 0.29) is 17.5 Å². The number of rotatable bonds is 7. The van der Waals surface area contributed by atoms with Gasteiger partial charge in [-0.2, -0.15) is 0 Å². The Morgan fingerprint density at radius 3 is 2.81 bits per heavy atom. The fourth-order valence-electron chi connectivity index (χ4n) is 2.35. The zero-order chi connectivity index (χ0) is 15.3. The van der Waals surface area contributed by atoms with Crippen molar-refractivity contribution in [2.45, 2.75) is 25.8 Å². The summed E-state index contributed by atoms with van der Waals surface area (Å²) in [5, 5.41) is 0. The van der Waals surface area contributed by atoms with Gasteiger partial charge in [-0.3, -0.25) is 11.3 Å². The van der Waals surface area contributed by atoms with Gasteiger partial charge in [0.05, 0.1) is 5.75 Å². The lowest BCUT2D eigenvalue weighted by Gasteiger charge is -2.25. The molecule has 1 aromatic carbocycles. The van der Waals surface area contributed by atoms with Crippen molar-refractivity contribution in [3.05, 3.63) is 23.8 Å². The molecule has 118 valence electrons. The zero-order valence-electron chi connectivity index (χ0n) is 12.2. The van der Waals surface area contributed by atoms with Gasteiger partial charge in [-0.25, -0.2) is 8.42 Å². The number of hydrogen-bond acceptors (Lipinski definition) is 6. The van der Waals surface area contributed by atoms with Crippen LogP contribution in [0.3, 0.4) is 0 Å². The Kier molecular flexibility index (Phi) is 5.44. The second-order valence-electron chi connectivity index (χ2n) is 4.97. The molecule has 0 aromatic heterocycles. The number of nitrogens with one attached hydrogen (secondary N) is 1. The lowest BCUT2D eigenvalue weighted by Crippen LogP contribution is -2.29. The third-order valence-electron chi connectivity index (χ3n) is 3.56. The van der Waals surface area contributed by atoms with E-state index in [9.17, 15) is 8.42 Å². The topological polar surface area (TPSA) is 90.7 Å². The zero-order valence-corrected chi connectivity index (χ0v) is 13.0. The number of hydrazine groups is 1. The maximum Gasteiger partial charge on any atom is 0.166 e. The van der Waals surface area contributed by atoms with E-state index < -0.39 is 9.84 Å².